The molecule has 302 valence electrons. The Kier molecular flexibility index (Phi) is 12.2. The van der Waals surface area contributed by atoms with Gasteiger partial charge >= 0.3 is 0 Å². The SMILES string of the molecule is Cc1ccc(N(c2ccc(C=Cc3ccccc3C=Cc3ccc(N(c4ccc(C)c(C)c4C)c4ccc(C)c(C)c4C)cc3)cc2)c2ccc(C)c(C)c2C)c(C)c1C. The zero-order chi connectivity index (χ0) is 42.8. The van der Waals surface area contributed by atoms with Crippen LogP contribution in [0.15, 0.2) is 121 Å². The van der Waals surface area contributed by atoms with Crippen molar-refractivity contribution < 1.29 is 0 Å². The van der Waals surface area contributed by atoms with E-state index in [0.29, 0.717) is 0 Å². The summed E-state index contributed by atoms with van der Waals surface area (Å²) in [5, 5.41) is 0. The van der Waals surface area contributed by atoms with Crippen LogP contribution in [0, 0.1) is 83.1 Å². The number of hydrogen-bond acceptors (Lipinski definition) is 2. The molecule has 0 spiro atoms. The molecule has 0 bridgehead atoms. The molecule has 0 aromatic heterocycles. The van der Waals surface area contributed by atoms with E-state index < -0.39 is 0 Å². The second kappa shape index (κ2) is 17.5. The molecule has 7 aromatic carbocycles. The van der Waals surface area contributed by atoms with Gasteiger partial charge in [-0.2, -0.15) is 0 Å². The fraction of sp³-hybridized carbons (Fsp3) is 0.207. The molecule has 7 aromatic rings. The Morgan fingerprint density at radius 3 is 0.800 bits per heavy atom. The van der Waals surface area contributed by atoms with Gasteiger partial charge in [-0.15, -0.1) is 0 Å². The lowest BCUT2D eigenvalue weighted by molar-refractivity contribution is 1.16. The molecule has 0 atom stereocenters. The Morgan fingerprint density at radius 1 is 0.267 bits per heavy atom. The first kappa shape index (κ1) is 41.8. The third-order valence-electron chi connectivity index (χ3n) is 13.3. The molecule has 0 aliphatic carbocycles. The number of rotatable bonds is 10. The minimum atomic E-state index is 1.15. The van der Waals surface area contributed by atoms with Crippen molar-refractivity contribution >= 4 is 58.4 Å². The van der Waals surface area contributed by atoms with Crippen molar-refractivity contribution in [2.45, 2.75) is 83.1 Å². The average molecular weight is 785 g/mol. The molecule has 0 radical (unpaired) electrons. The molecule has 0 heterocycles. The van der Waals surface area contributed by atoms with Crippen molar-refractivity contribution in [3.63, 3.8) is 0 Å². The Bertz CT molecular complexity index is 2450. The fourth-order valence-electron chi connectivity index (χ4n) is 8.21. The Balaban J connectivity index is 1.15. The number of nitrogens with zero attached hydrogens (tertiary/aromatic N) is 2. The molecule has 0 aliphatic rings. The topological polar surface area (TPSA) is 6.48 Å². The van der Waals surface area contributed by atoms with Crippen molar-refractivity contribution in [1.82, 2.24) is 0 Å². The van der Waals surface area contributed by atoms with E-state index in [1.54, 1.807) is 0 Å². The molecule has 0 saturated heterocycles. The molecule has 7 rings (SSSR count). The maximum atomic E-state index is 2.43. The summed E-state index contributed by atoms with van der Waals surface area (Å²) in [7, 11) is 0. The lowest BCUT2D eigenvalue weighted by Crippen LogP contribution is -2.14. The molecule has 0 amide bonds. The summed E-state index contributed by atoms with van der Waals surface area (Å²) in [6, 6.07) is 44.6. The minimum Gasteiger partial charge on any atom is -0.310 e. The van der Waals surface area contributed by atoms with Crippen LogP contribution in [0.1, 0.15) is 89.0 Å². The molecule has 0 unspecified atom stereocenters. The first-order valence-corrected chi connectivity index (χ1v) is 21.3. The van der Waals surface area contributed by atoms with E-state index in [4.69, 9.17) is 0 Å². The Labute approximate surface area is 360 Å². The summed E-state index contributed by atoms with van der Waals surface area (Å²) in [6.07, 6.45) is 8.89. The summed E-state index contributed by atoms with van der Waals surface area (Å²) < 4.78 is 0. The maximum Gasteiger partial charge on any atom is 0.0493 e. The standard InChI is InChI=1S/C58H60N2/c1-37-17-33-55(45(9)41(37)5)59(56-34-18-38(2)42(6)46(56)10)53-29-23-49(24-30-53)21-27-51-15-13-14-16-52(51)28-22-50-25-31-54(32-26-50)60(57-35-19-39(3)43(7)47(57)11)58-36-20-40(4)44(8)48(58)12/h13-36H,1-12H3. The van der Waals surface area contributed by atoms with Gasteiger partial charge in [-0.25, -0.2) is 0 Å². The highest BCUT2D eigenvalue weighted by Gasteiger charge is 2.21. The van der Waals surface area contributed by atoms with E-state index >= 15 is 0 Å². The van der Waals surface area contributed by atoms with Gasteiger partial charge in [-0.3, -0.25) is 0 Å². The smallest absolute Gasteiger partial charge is 0.0493 e. The molecule has 0 saturated carbocycles. The van der Waals surface area contributed by atoms with Crippen molar-refractivity contribution in [3.8, 4) is 0 Å². The number of anilines is 6. The van der Waals surface area contributed by atoms with Crippen LogP contribution >= 0.6 is 0 Å². The minimum absolute atomic E-state index is 1.15. The Hall–Kier alpha value is -6.38. The summed E-state index contributed by atoms with van der Waals surface area (Å²) >= 11 is 0. The summed E-state index contributed by atoms with van der Waals surface area (Å²) in [4.78, 5) is 4.85. The van der Waals surface area contributed by atoms with Crippen molar-refractivity contribution in [2.24, 2.45) is 0 Å². The van der Waals surface area contributed by atoms with Crippen molar-refractivity contribution in [3.05, 3.63) is 210 Å². The third-order valence-corrected chi connectivity index (χ3v) is 13.3. The predicted molar refractivity (Wildman–Crippen MR) is 263 cm³/mol. The summed E-state index contributed by atoms with van der Waals surface area (Å²) in [6.45, 7) is 26.7. The monoisotopic (exact) mass is 784 g/mol. The van der Waals surface area contributed by atoms with Gasteiger partial charge in [-0.1, -0.05) is 97.1 Å². The van der Waals surface area contributed by atoms with Gasteiger partial charge < -0.3 is 9.80 Å². The van der Waals surface area contributed by atoms with Gasteiger partial charge in [-0.05, 0) is 221 Å². The summed E-state index contributed by atoms with van der Waals surface area (Å²) in [5.74, 6) is 0. The first-order chi connectivity index (χ1) is 28.7. The highest BCUT2D eigenvalue weighted by atomic mass is 15.2. The lowest BCUT2D eigenvalue weighted by atomic mass is 9.98. The van der Waals surface area contributed by atoms with E-state index in [2.05, 4.69) is 239 Å². The lowest BCUT2D eigenvalue weighted by Gasteiger charge is -2.30. The van der Waals surface area contributed by atoms with Crippen LogP contribution in [0.2, 0.25) is 0 Å². The van der Waals surface area contributed by atoms with Crippen molar-refractivity contribution in [2.75, 3.05) is 9.80 Å². The highest BCUT2D eigenvalue weighted by Crippen LogP contribution is 2.42. The predicted octanol–water partition coefficient (Wildman–Crippen LogP) is 16.7. The Morgan fingerprint density at radius 2 is 0.533 bits per heavy atom. The van der Waals surface area contributed by atoms with Gasteiger partial charge in [0.15, 0.2) is 0 Å². The van der Waals surface area contributed by atoms with Crippen LogP contribution in [0.3, 0.4) is 0 Å². The van der Waals surface area contributed by atoms with E-state index in [0.717, 1.165) is 22.5 Å². The molecular weight excluding hydrogens is 725 g/mol. The molecule has 2 heteroatoms. The normalized spacial score (nSPS) is 11.5. The molecular formula is C58H60N2. The van der Waals surface area contributed by atoms with E-state index in [1.165, 1.54) is 101 Å². The van der Waals surface area contributed by atoms with Crippen molar-refractivity contribution in [1.29, 1.82) is 0 Å². The molecule has 60 heavy (non-hydrogen) atoms. The van der Waals surface area contributed by atoms with Crippen LogP contribution < -0.4 is 9.80 Å². The molecule has 2 nitrogen and oxygen atoms in total. The van der Waals surface area contributed by atoms with Gasteiger partial charge in [0.1, 0.15) is 0 Å². The van der Waals surface area contributed by atoms with Gasteiger partial charge in [0.25, 0.3) is 0 Å². The van der Waals surface area contributed by atoms with Gasteiger partial charge in [0, 0.05) is 34.1 Å². The maximum absolute atomic E-state index is 2.43. The number of hydrogen-bond donors (Lipinski definition) is 0. The molecule has 0 N–H and O–H groups in total. The first-order valence-electron chi connectivity index (χ1n) is 21.3. The zero-order valence-electron chi connectivity index (χ0n) is 37.8. The second-order valence-corrected chi connectivity index (χ2v) is 16.8. The number of aryl methyl sites for hydroxylation is 4. The molecule has 0 fully saturated rings. The fourth-order valence-corrected chi connectivity index (χ4v) is 8.21. The van der Waals surface area contributed by atoms with Crippen LogP contribution in [0.25, 0.3) is 24.3 Å². The summed E-state index contributed by atoms with van der Waals surface area (Å²) in [5.41, 5.74) is 27.6. The third kappa shape index (κ3) is 8.25. The van der Waals surface area contributed by atoms with Crippen LogP contribution in [-0.2, 0) is 0 Å². The van der Waals surface area contributed by atoms with Gasteiger partial charge in [0.05, 0.1) is 0 Å². The quantitative estimate of drug-likeness (QED) is 0.127. The highest BCUT2D eigenvalue weighted by molar-refractivity contribution is 5.85. The van der Waals surface area contributed by atoms with Crippen LogP contribution in [0.5, 0.6) is 0 Å². The van der Waals surface area contributed by atoms with Crippen LogP contribution in [-0.4, -0.2) is 0 Å². The molecule has 0 aliphatic heterocycles. The van der Waals surface area contributed by atoms with E-state index in [1.807, 2.05) is 0 Å². The van der Waals surface area contributed by atoms with Crippen LogP contribution in [0.4, 0.5) is 34.1 Å². The second-order valence-electron chi connectivity index (χ2n) is 16.8. The largest absolute Gasteiger partial charge is 0.310 e. The average Bonchev–Trinajstić information content (AvgIpc) is 3.25. The van der Waals surface area contributed by atoms with E-state index in [-0.39, 0.29) is 0 Å². The zero-order valence-corrected chi connectivity index (χ0v) is 37.8. The van der Waals surface area contributed by atoms with Gasteiger partial charge in [0.2, 0.25) is 0 Å². The number of benzene rings is 7. The van der Waals surface area contributed by atoms with E-state index in [9.17, 15) is 0 Å².